The fourth-order valence-corrected chi connectivity index (χ4v) is 2.63. The third-order valence-electron chi connectivity index (χ3n) is 3.70. The molecule has 114 valence electrons. The van der Waals surface area contributed by atoms with E-state index in [1.807, 2.05) is 24.3 Å². The molecule has 0 atom stereocenters. The van der Waals surface area contributed by atoms with Crippen molar-refractivity contribution in [2.45, 2.75) is 6.61 Å². The fourth-order valence-electron chi connectivity index (χ4n) is 2.63. The number of methoxy groups -OCH3 is 3. The van der Waals surface area contributed by atoms with Gasteiger partial charge >= 0.3 is 5.97 Å². The molecule has 2 aromatic rings. The Balaban J connectivity index is 2.14. The standard InChI is InChI=1S/C17H16O5/c1-19-14-7-6-12(15(20-2)16(14)21-3)10-4-5-13-11(8-10)9-22-17(13)18/h4-8H,9H2,1-3H3. The van der Waals surface area contributed by atoms with Gasteiger partial charge in [0.05, 0.1) is 26.9 Å². The molecular formula is C17H16O5. The van der Waals surface area contributed by atoms with Crippen LogP contribution in [0.15, 0.2) is 30.3 Å². The molecular weight excluding hydrogens is 284 g/mol. The van der Waals surface area contributed by atoms with Crippen LogP contribution in [0.3, 0.4) is 0 Å². The number of esters is 1. The number of hydrogen-bond donors (Lipinski definition) is 0. The Bertz CT molecular complexity index is 736. The van der Waals surface area contributed by atoms with E-state index >= 15 is 0 Å². The van der Waals surface area contributed by atoms with Gasteiger partial charge in [-0.25, -0.2) is 4.79 Å². The molecule has 1 heterocycles. The SMILES string of the molecule is COc1ccc(-c2ccc3c(c2)COC3=O)c(OC)c1OC. The highest BCUT2D eigenvalue weighted by molar-refractivity contribution is 5.94. The number of carbonyl (C=O) groups excluding carboxylic acids is 1. The van der Waals surface area contributed by atoms with Crippen LogP contribution in [0.5, 0.6) is 17.2 Å². The van der Waals surface area contributed by atoms with Crippen LogP contribution in [0.1, 0.15) is 15.9 Å². The number of benzene rings is 2. The van der Waals surface area contributed by atoms with Gasteiger partial charge in [-0.3, -0.25) is 0 Å². The van der Waals surface area contributed by atoms with Crippen LogP contribution >= 0.6 is 0 Å². The van der Waals surface area contributed by atoms with Crippen LogP contribution in [0, 0.1) is 0 Å². The second-order valence-electron chi connectivity index (χ2n) is 4.83. The summed E-state index contributed by atoms with van der Waals surface area (Å²) in [5.74, 6) is 1.45. The maximum atomic E-state index is 11.5. The van der Waals surface area contributed by atoms with E-state index in [0.717, 1.165) is 16.7 Å². The van der Waals surface area contributed by atoms with Crippen molar-refractivity contribution in [2.24, 2.45) is 0 Å². The zero-order valence-corrected chi connectivity index (χ0v) is 12.6. The van der Waals surface area contributed by atoms with Gasteiger partial charge in [0.1, 0.15) is 6.61 Å². The maximum absolute atomic E-state index is 11.5. The van der Waals surface area contributed by atoms with Gasteiger partial charge in [0, 0.05) is 11.1 Å². The summed E-state index contributed by atoms with van der Waals surface area (Å²) < 4.78 is 21.2. The number of carbonyl (C=O) groups is 1. The summed E-state index contributed by atoms with van der Waals surface area (Å²) in [5, 5.41) is 0. The van der Waals surface area contributed by atoms with Crippen molar-refractivity contribution < 1.29 is 23.7 Å². The van der Waals surface area contributed by atoms with Crippen molar-refractivity contribution >= 4 is 5.97 Å². The number of fused-ring (bicyclic) bond motifs is 1. The Morgan fingerprint density at radius 2 is 1.64 bits per heavy atom. The monoisotopic (exact) mass is 300 g/mol. The lowest BCUT2D eigenvalue weighted by atomic mass is 9.99. The quantitative estimate of drug-likeness (QED) is 0.812. The first-order valence-corrected chi connectivity index (χ1v) is 6.79. The van der Waals surface area contributed by atoms with E-state index < -0.39 is 0 Å². The largest absolute Gasteiger partial charge is 0.493 e. The fraction of sp³-hybridized carbons (Fsp3) is 0.235. The highest BCUT2D eigenvalue weighted by Crippen LogP contribution is 2.44. The van der Waals surface area contributed by atoms with E-state index in [2.05, 4.69) is 0 Å². The summed E-state index contributed by atoms with van der Waals surface area (Å²) in [4.78, 5) is 11.5. The van der Waals surface area contributed by atoms with E-state index in [0.29, 0.717) is 29.4 Å². The Morgan fingerprint density at radius 3 is 2.32 bits per heavy atom. The highest BCUT2D eigenvalue weighted by atomic mass is 16.5. The molecule has 0 bridgehead atoms. The number of rotatable bonds is 4. The molecule has 1 aliphatic rings. The Morgan fingerprint density at radius 1 is 0.909 bits per heavy atom. The summed E-state index contributed by atoms with van der Waals surface area (Å²) in [5.41, 5.74) is 3.28. The molecule has 0 N–H and O–H groups in total. The van der Waals surface area contributed by atoms with Crippen LogP contribution in [-0.2, 0) is 11.3 Å². The molecule has 0 saturated heterocycles. The third-order valence-corrected chi connectivity index (χ3v) is 3.70. The molecule has 2 aromatic carbocycles. The van der Waals surface area contributed by atoms with Crippen LogP contribution in [0.2, 0.25) is 0 Å². The smallest absolute Gasteiger partial charge is 0.338 e. The van der Waals surface area contributed by atoms with Crippen molar-refractivity contribution in [3.63, 3.8) is 0 Å². The Kier molecular flexibility index (Phi) is 3.63. The first kappa shape index (κ1) is 14.3. The maximum Gasteiger partial charge on any atom is 0.338 e. The molecule has 0 radical (unpaired) electrons. The first-order valence-electron chi connectivity index (χ1n) is 6.79. The molecule has 0 aliphatic carbocycles. The van der Waals surface area contributed by atoms with E-state index in [4.69, 9.17) is 18.9 Å². The van der Waals surface area contributed by atoms with Gasteiger partial charge in [0.2, 0.25) is 5.75 Å². The summed E-state index contributed by atoms with van der Waals surface area (Å²) in [6, 6.07) is 9.31. The van der Waals surface area contributed by atoms with E-state index in [-0.39, 0.29) is 5.97 Å². The average molecular weight is 300 g/mol. The summed E-state index contributed by atoms with van der Waals surface area (Å²) in [6.07, 6.45) is 0. The molecule has 1 aliphatic heterocycles. The van der Waals surface area contributed by atoms with E-state index in [1.54, 1.807) is 27.4 Å². The topological polar surface area (TPSA) is 54.0 Å². The summed E-state index contributed by atoms with van der Waals surface area (Å²) in [6.45, 7) is 0.303. The highest BCUT2D eigenvalue weighted by Gasteiger charge is 2.23. The van der Waals surface area contributed by atoms with Gasteiger partial charge in [-0.1, -0.05) is 6.07 Å². The van der Waals surface area contributed by atoms with Crippen LogP contribution < -0.4 is 14.2 Å². The van der Waals surface area contributed by atoms with Crippen molar-refractivity contribution in [1.29, 1.82) is 0 Å². The lowest BCUT2D eigenvalue weighted by Gasteiger charge is -2.16. The van der Waals surface area contributed by atoms with Crippen LogP contribution in [-0.4, -0.2) is 27.3 Å². The molecule has 0 spiro atoms. The van der Waals surface area contributed by atoms with Crippen molar-refractivity contribution in [3.8, 4) is 28.4 Å². The van der Waals surface area contributed by atoms with Crippen molar-refractivity contribution in [2.75, 3.05) is 21.3 Å². The minimum Gasteiger partial charge on any atom is -0.493 e. The van der Waals surface area contributed by atoms with Crippen molar-refractivity contribution in [3.05, 3.63) is 41.5 Å². The molecule has 0 fully saturated rings. The summed E-state index contributed by atoms with van der Waals surface area (Å²) in [7, 11) is 4.73. The zero-order chi connectivity index (χ0) is 15.7. The van der Waals surface area contributed by atoms with Crippen LogP contribution in [0.4, 0.5) is 0 Å². The minimum atomic E-state index is -0.277. The third kappa shape index (κ3) is 2.15. The van der Waals surface area contributed by atoms with Gasteiger partial charge in [-0.15, -0.1) is 0 Å². The van der Waals surface area contributed by atoms with Gasteiger partial charge in [-0.2, -0.15) is 0 Å². The van der Waals surface area contributed by atoms with E-state index in [9.17, 15) is 4.79 Å². The molecule has 0 aromatic heterocycles. The van der Waals surface area contributed by atoms with Gasteiger partial charge < -0.3 is 18.9 Å². The number of ether oxygens (including phenoxy) is 4. The van der Waals surface area contributed by atoms with Crippen LogP contribution in [0.25, 0.3) is 11.1 Å². The van der Waals surface area contributed by atoms with E-state index in [1.165, 1.54) is 0 Å². The minimum absolute atomic E-state index is 0.277. The molecule has 5 heteroatoms. The molecule has 0 unspecified atom stereocenters. The van der Waals surface area contributed by atoms with Gasteiger partial charge in [-0.05, 0) is 29.8 Å². The normalized spacial score (nSPS) is 12.6. The first-order chi connectivity index (χ1) is 10.7. The second-order valence-corrected chi connectivity index (χ2v) is 4.83. The molecule has 3 rings (SSSR count). The predicted molar refractivity (Wildman–Crippen MR) is 80.7 cm³/mol. The lowest BCUT2D eigenvalue weighted by molar-refractivity contribution is 0.0535. The molecule has 0 saturated carbocycles. The zero-order valence-electron chi connectivity index (χ0n) is 12.6. The molecule has 5 nitrogen and oxygen atoms in total. The number of hydrogen-bond acceptors (Lipinski definition) is 5. The summed E-state index contributed by atoms with van der Waals surface area (Å²) >= 11 is 0. The average Bonchev–Trinajstić information content (AvgIpc) is 2.93. The van der Waals surface area contributed by atoms with Gasteiger partial charge in [0.15, 0.2) is 11.5 Å². The lowest BCUT2D eigenvalue weighted by Crippen LogP contribution is -1.97. The Hall–Kier alpha value is -2.69. The predicted octanol–water partition coefficient (Wildman–Crippen LogP) is 3.05. The Labute approximate surface area is 128 Å². The molecule has 22 heavy (non-hydrogen) atoms. The van der Waals surface area contributed by atoms with Gasteiger partial charge in [0.25, 0.3) is 0 Å². The van der Waals surface area contributed by atoms with Crippen molar-refractivity contribution in [1.82, 2.24) is 0 Å². The molecule has 0 amide bonds. The number of cyclic esters (lactones) is 1. The second kappa shape index (κ2) is 5.60.